The zero-order valence-electron chi connectivity index (χ0n) is 8.53. The Morgan fingerprint density at radius 3 is 3.00 bits per heavy atom. The Hall–Kier alpha value is -1.63. The Labute approximate surface area is 85.5 Å². The molecule has 0 atom stereocenters. The summed E-state index contributed by atoms with van der Waals surface area (Å²) in [5.74, 6) is 0. The predicted molar refractivity (Wildman–Crippen MR) is 62.8 cm³/mol. The van der Waals surface area contributed by atoms with Crippen molar-refractivity contribution < 1.29 is 0 Å². The van der Waals surface area contributed by atoms with E-state index in [2.05, 4.69) is 24.2 Å². The van der Waals surface area contributed by atoms with Crippen LogP contribution in [0.3, 0.4) is 0 Å². The largest absolute Gasteiger partial charge is 0.256 e. The second-order valence-corrected chi connectivity index (χ2v) is 3.25. The lowest BCUT2D eigenvalue weighted by molar-refractivity contribution is 1.22. The van der Waals surface area contributed by atoms with Gasteiger partial charge < -0.3 is 0 Å². The van der Waals surface area contributed by atoms with E-state index >= 15 is 0 Å². The summed E-state index contributed by atoms with van der Waals surface area (Å²) in [5.41, 5.74) is 3.17. The molecule has 0 saturated carbocycles. The van der Waals surface area contributed by atoms with Gasteiger partial charge in [0.05, 0.1) is 5.69 Å². The van der Waals surface area contributed by atoms with Crippen molar-refractivity contribution in [2.45, 2.75) is 13.3 Å². The number of rotatable bonds is 4. The highest BCUT2D eigenvalue weighted by atomic mass is 14.7. The summed E-state index contributed by atoms with van der Waals surface area (Å²) in [5, 5.41) is 0. The summed E-state index contributed by atoms with van der Waals surface area (Å²) in [6.07, 6.45) is 8.57. The van der Waals surface area contributed by atoms with Gasteiger partial charge in [-0.05, 0) is 31.1 Å². The third kappa shape index (κ3) is 3.02. The fraction of sp³-hybridized carbons (Fsp3) is 0.154. The van der Waals surface area contributed by atoms with Crippen LogP contribution in [0, 0.1) is 0 Å². The second-order valence-electron chi connectivity index (χ2n) is 3.25. The van der Waals surface area contributed by atoms with Gasteiger partial charge in [-0.25, -0.2) is 0 Å². The molecule has 72 valence electrons. The fourth-order valence-electron chi connectivity index (χ4n) is 1.11. The number of hydrogen-bond acceptors (Lipinski definition) is 1. The van der Waals surface area contributed by atoms with E-state index in [-0.39, 0.29) is 0 Å². The predicted octanol–water partition coefficient (Wildman–Crippen LogP) is 3.70. The molecule has 0 saturated heterocycles. The molecule has 0 bridgehead atoms. The van der Waals surface area contributed by atoms with Crippen LogP contribution in [0.2, 0.25) is 0 Å². The van der Waals surface area contributed by atoms with Crippen LogP contribution in [0.4, 0.5) is 0 Å². The third-order valence-corrected chi connectivity index (χ3v) is 1.83. The smallest absolute Gasteiger partial charge is 0.0698 e. The van der Waals surface area contributed by atoms with Gasteiger partial charge in [0.15, 0.2) is 0 Å². The maximum atomic E-state index is 4.26. The molecule has 0 unspecified atom stereocenters. The molecule has 0 aliphatic carbocycles. The monoisotopic (exact) mass is 185 g/mol. The van der Waals surface area contributed by atoms with Crippen LogP contribution >= 0.6 is 0 Å². The highest BCUT2D eigenvalue weighted by molar-refractivity contribution is 5.61. The Kier molecular flexibility index (Phi) is 3.86. The van der Waals surface area contributed by atoms with Crippen LogP contribution in [-0.2, 0) is 0 Å². The average molecular weight is 185 g/mol. The Morgan fingerprint density at radius 1 is 1.57 bits per heavy atom. The molecule has 0 N–H and O–H groups in total. The number of nitrogens with zero attached hydrogens (tertiary/aromatic N) is 1. The van der Waals surface area contributed by atoms with Gasteiger partial charge in [0.1, 0.15) is 0 Å². The van der Waals surface area contributed by atoms with Crippen molar-refractivity contribution in [2.24, 2.45) is 0 Å². The molecule has 1 aromatic heterocycles. The van der Waals surface area contributed by atoms with Crippen LogP contribution in [0.5, 0.6) is 0 Å². The number of pyridine rings is 1. The van der Waals surface area contributed by atoms with Gasteiger partial charge in [-0.3, -0.25) is 4.98 Å². The van der Waals surface area contributed by atoms with Crippen molar-refractivity contribution in [1.82, 2.24) is 4.98 Å². The standard InChI is InChI=1S/C13H15N/c1-4-12-8-6-10-14-13(12)9-5-7-11(2)3/h4-6,8-10H,1-2,7H2,3H3/b9-5-. The molecule has 1 nitrogen and oxygen atoms in total. The Balaban J connectivity index is 2.80. The van der Waals surface area contributed by atoms with E-state index in [1.165, 1.54) is 0 Å². The van der Waals surface area contributed by atoms with Crippen LogP contribution in [0.1, 0.15) is 24.6 Å². The maximum absolute atomic E-state index is 4.26. The number of allylic oxidation sites excluding steroid dienone is 2. The topological polar surface area (TPSA) is 12.9 Å². The fourth-order valence-corrected chi connectivity index (χ4v) is 1.11. The maximum Gasteiger partial charge on any atom is 0.0698 e. The molecule has 1 heterocycles. The summed E-state index contributed by atoms with van der Waals surface area (Å²) in [6.45, 7) is 9.59. The highest BCUT2D eigenvalue weighted by Crippen LogP contribution is 2.09. The van der Waals surface area contributed by atoms with Gasteiger partial charge in [0.2, 0.25) is 0 Å². The van der Waals surface area contributed by atoms with Crippen molar-refractivity contribution >= 4 is 12.2 Å². The van der Waals surface area contributed by atoms with E-state index in [9.17, 15) is 0 Å². The molecule has 0 amide bonds. The first-order valence-corrected chi connectivity index (χ1v) is 4.62. The number of aromatic nitrogens is 1. The minimum absolute atomic E-state index is 0.896. The minimum Gasteiger partial charge on any atom is -0.256 e. The van der Waals surface area contributed by atoms with Gasteiger partial charge in [0.25, 0.3) is 0 Å². The summed E-state index contributed by atoms with van der Waals surface area (Å²) in [4.78, 5) is 4.26. The average Bonchev–Trinajstić information content (AvgIpc) is 2.18. The molecule has 0 aliphatic heterocycles. The zero-order chi connectivity index (χ0) is 10.4. The Morgan fingerprint density at radius 2 is 2.36 bits per heavy atom. The molecular weight excluding hydrogens is 170 g/mol. The SMILES string of the molecule is C=Cc1cccnc1/C=C\CC(=C)C. The van der Waals surface area contributed by atoms with Crippen molar-refractivity contribution in [1.29, 1.82) is 0 Å². The molecule has 1 aromatic rings. The first-order valence-electron chi connectivity index (χ1n) is 4.62. The molecule has 1 rings (SSSR count). The Bertz CT molecular complexity index is 361. The van der Waals surface area contributed by atoms with Crippen molar-refractivity contribution in [3.05, 3.63) is 54.4 Å². The van der Waals surface area contributed by atoms with Crippen LogP contribution in [0.15, 0.2) is 43.1 Å². The third-order valence-electron chi connectivity index (χ3n) is 1.83. The van der Waals surface area contributed by atoms with Gasteiger partial charge in [0, 0.05) is 6.20 Å². The number of hydrogen-bond donors (Lipinski definition) is 0. The molecule has 14 heavy (non-hydrogen) atoms. The van der Waals surface area contributed by atoms with E-state index in [0.29, 0.717) is 0 Å². The molecule has 0 radical (unpaired) electrons. The van der Waals surface area contributed by atoms with Crippen LogP contribution in [0.25, 0.3) is 12.2 Å². The van der Waals surface area contributed by atoms with E-state index < -0.39 is 0 Å². The molecule has 0 spiro atoms. The van der Waals surface area contributed by atoms with E-state index in [4.69, 9.17) is 0 Å². The quantitative estimate of drug-likeness (QED) is 0.652. The second kappa shape index (κ2) is 5.18. The highest BCUT2D eigenvalue weighted by Gasteiger charge is 1.93. The van der Waals surface area contributed by atoms with Gasteiger partial charge in [-0.1, -0.05) is 36.9 Å². The normalized spacial score (nSPS) is 10.4. The van der Waals surface area contributed by atoms with E-state index in [0.717, 1.165) is 23.3 Å². The molecule has 0 aliphatic rings. The molecule has 0 aromatic carbocycles. The van der Waals surface area contributed by atoms with Crippen molar-refractivity contribution in [3.63, 3.8) is 0 Å². The lowest BCUT2D eigenvalue weighted by Gasteiger charge is -1.98. The van der Waals surface area contributed by atoms with Gasteiger partial charge in [-0.2, -0.15) is 0 Å². The first-order chi connectivity index (χ1) is 6.74. The summed E-state index contributed by atoms with van der Waals surface area (Å²) in [7, 11) is 0. The lowest BCUT2D eigenvalue weighted by atomic mass is 10.1. The van der Waals surface area contributed by atoms with E-state index in [1.54, 1.807) is 6.20 Å². The molecule has 0 fully saturated rings. The van der Waals surface area contributed by atoms with E-state index in [1.807, 2.05) is 31.2 Å². The zero-order valence-corrected chi connectivity index (χ0v) is 8.53. The summed E-state index contributed by atoms with van der Waals surface area (Å²) in [6, 6.07) is 3.91. The molecule has 1 heteroatoms. The summed E-state index contributed by atoms with van der Waals surface area (Å²) >= 11 is 0. The summed E-state index contributed by atoms with van der Waals surface area (Å²) < 4.78 is 0. The van der Waals surface area contributed by atoms with Crippen molar-refractivity contribution in [2.75, 3.05) is 0 Å². The van der Waals surface area contributed by atoms with Crippen LogP contribution < -0.4 is 0 Å². The van der Waals surface area contributed by atoms with Gasteiger partial charge >= 0.3 is 0 Å². The lowest BCUT2D eigenvalue weighted by Crippen LogP contribution is -1.84. The first kappa shape index (κ1) is 10.5. The molecular formula is C13H15N. The minimum atomic E-state index is 0.896. The van der Waals surface area contributed by atoms with Crippen molar-refractivity contribution in [3.8, 4) is 0 Å². The van der Waals surface area contributed by atoms with Crippen LogP contribution in [-0.4, -0.2) is 4.98 Å². The van der Waals surface area contributed by atoms with Gasteiger partial charge in [-0.15, -0.1) is 0 Å².